The number of hydrogen-bond acceptors (Lipinski definition) is 8. The highest BCUT2D eigenvalue weighted by atomic mass is 32.2. The lowest BCUT2D eigenvalue weighted by Crippen LogP contribution is -2.37. The molecule has 2 aromatic carbocycles. The Hall–Kier alpha value is -3.24. The van der Waals surface area contributed by atoms with Crippen molar-refractivity contribution < 1.29 is 28.5 Å². The predicted octanol–water partition coefficient (Wildman–Crippen LogP) is 2.82. The second-order valence-electron chi connectivity index (χ2n) is 7.06. The molecule has 164 valence electrons. The molecule has 0 aliphatic carbocycles. The van der Waals surface area contributed by atoms with E-state index in [4.69, 9.17) is 31.2 Å². The van der Waals surface area contributed by atoms with E-state index in [-0.39, 0.29) is 31.7 Å². The lowest BCUT2D eigenvalue weighted by Gasteiger charge is -2.19. The molecule has 1 fully saturated rings. The van der Waals surface area contributed by atoms with Crippen molar-refractivity contribution in [2.75, 3.05) is 33.1 Å². The lowest BCUT2D eigenvalue weighted by molar-refractivity contribution is -0.122. The number of ether oxygens (including phenoxy) is 4. The van der Waals surface area contributed by atoms with Crippen LogP contribution >= 0.6 is 24.0 Å². The number of nitrogens with one attached hydrogen (secondary N) is 1. The van der Waals surface area contributed by atoms with Gasteiger partial charge in [-0.3, -0.25) is 14.5 Å². The Bertz CT molecular complexity index is 1150. The molecule has 0 spiro atoms. The first-order chi connectivity index (χ1) is 15.6. The molecule has 10 heteroatoms. The fourth-order valence-electron chi connectivity index (χ4n) is 3.41. The second kappa shape index (κ2) is 8.71. The molecule has 3 aliphatic heterocycles. The molecule has 0 atom stereocenters. The standard InChI is InChI=1S/C22H18N2O6S2/c25-20(14-2-4-15-18(11-14)28-8-7-27-15)23-5-6-24-21(26)19(32-22(24)31)10-13-1-3-16-17(9-13)30-12-29-16/h1-4,9-11H,5-8,12H2,(H,23,25)/b19-10+. The molecule has 0 saturated carbocycles. The number of nitrogens with zero attached hydrogens (tertiary/aromatic N) is 1. The highest BCUT2D eigenvalue weighted by Gasteiger charge is 2.32. The number of thiocarbonyl (C=S) groups is 1. The maximum Gasteiger partial charge on any atom is 0.266 e. The van der Waals surface area contributed by atoms with Gasteiger partial charge >= 0.3 is 0 Å². The van der Waals surface area contributed by atoms with Crippen molar-refractivity contribution in [3.63, 3.8) is 0 Å². The van der Waals surface area contributed by atoms with Gasteiger partial charge in [-0.1, -0.05) is 30.0 Å². The number of rotatable bonds is 5. The van der Waals surface area contributed by atoms with Crippen LogP contribution in [-0.4, -0.2) is 54.1 Å². The van der Waals surface area contributed by atoms with Gasteiger partial charge in [0.25, 0.3) is 11.8 Å². The molecule has 32 heavy (non-hydrogen) atoms. The van der Waals surface area contributed by atoms with Crippen LogP contribution in [-0.2, 0) is 4.79 Å². The predicted molar refractivity (Wildman–Crippen MR) is 122 cm³/mol. The van der Waals surface area contributed by atoms with Gasteiger partial charge in [0.15, 0.2) is 23.0 Å². The summed E-state index contributed by atoms with van der Waals surface area (Å²) in [6.07, 6.45) is 1.77. The summed E-state index contributed by atoms with van der Waals surface area (Å²) in [6, 6.07) is 10.5. The highest BCUT2D eigenvalue weighted by molar-refractivity contribution is 8.26. The number of benzene rings is 2. The van der Waals surface area contributed by atoms with Crippen molar-refractivity contribution in [3.8, 4) is 23.0 Å². The van der Waals surface area contributed by atoms with E-state index in [9.17, 15) is 9.59 Å². The molecule has 0 radical (unpaired) electrons. The summed E-state index contributed by atoms with van der Waals surface area (Å²) in [5, 5.41) is 2.82. The molecular formula is C22H18N2O6S2. The summed E-state index contributed by atoms with van der Waals surface area (Å²) in [7, 11) is 0. The second-order valence-corrected chi connectivity index (χ2v) is 8.74. The Morgan fingerprint density at radius 1 is 1.03 bits per heavy atom. The first-order valence-corrected chi connectivity index (χ1v) is 11.1. The van der Waals surface area contributed by atoms with E-state index in [1.807, 2.05) is 18.2 Å². The van der Waals surface area contributed by atoms with Crippen molar-refractivity contribution in [2.24, 2.45) is 0 Å². The average molecular weight is 471 g/mol. The summed E-state index contributed by atoms with van der Waals surface area (Å²) in [5.74, 6) is 2.06. The number of thioether (sulfide) groups is 1. The lowest BCUT2D eigenvalue weighted by atomic mass is 10.2. The van der Waals surface area contributed by atoms with E-state index in [2.05, 4.69) is 5.32 Å². The normalized spacial score (nSPS) is 17.8. The fourth-order valence-corrected chi connectivity index (χ4v) is 4.72. The molecule has 8 nitrogen and oxygen atoms in total. The van der Waals surface area contributed by atoms with E-state index in [0.29, 0.717) is 51.0 Å². The molecule has 1 N–H and O–H groups in total. The molecule has 2 aromatic rings. The van der Waals surface area contributed by atoms with Gasteiger partial charge in [0, 0.05) is 18.7 Å². The smallest absolute Gasteiger partial charge is 0.266 e. The highest BCUT2D eigenvalue weighted by Crippen LogP contribution is 2.36. The van der Waals surface area contributed by atoms with Crippen LogP contribution in [0.5, 0.6) is 23.0 Å². The van der Waals surface area contributed by atoms with Crippen molar-refractivity contribution >= 4 is 46.2 Å². The minimum absolute atomic E-state index is 0.189. The first kappa shape index (κ1) is 20.7. The molecule has 0 unspecified atom stereocenters. The van der Waals surface area contributed by atoms with E-state index in [1.165, 1.54) is 16.7 Å². The topological polar surface area (TPSA) is 86.3 Å². The molecule has 1 saturated heterocycles. The zero-order valence-corrected chi connectivity index (χ0v) is 18.4. The van der Waals surface area contributed by atoms with Crippen LogP contribution in [0.1, 0.15) is 15.9 Å². The van der Waals surface area contributed by atoms with E-state index in [0.717, 1.165) is 5.56 Å². The minimum Gasteiger partial charge on any atom is -0.486 e. The number of carbonyl (C=O) groups is 2. The van der Waals surface area contributed by atoms with Crippen molar-refractivity contribution in [1.29, 1.82) is 0 Å². The van der Waals surface area contributed by atoms with Gasteiger partial charge in [0.1, 0.15) is 17.5 Å². The van der Waals surface area contributed by atoms with Crippen LogP contribution in [0.2, 0.25) is 0 Å². The largest absolute Gasteiger partial charge is 0.486 e. The van der Waals surface area contributed by atoms with Crippen molar-refractivity contribution in [2.45, 2.75) is 0 Å². The number of hydrogen-bond donors (Lipinski definition) is 1. The Labute approximate surface area is 193 Å². The maximum absolute atomic E-state index is 12.8. The van der Waals surface area contributed by atoms with Crippen LogP contribution in [0.25, 0.3) is 6.08 Å². The van der Waals surface area contributed by atoms with Gasteiger partial charge in [0.05, 0.1) is 4.91 Å². The third-order valence-electron chi connectivity index (χ3n) is 4.99. The van der Waals surface area contributed by atoms with E-state index < -0.39 is 0 Å². The summed E-state index contributed by atoms with van der Waals surface area (Å²) < 4.78 is 22.1. The molecule has 5 rings (SSSR count). The van der Waals surface area contributed by atoms with E-state index >= 15 is 0 Å². The summed E-state index contributed by atoms with van der Waals surface area (Å²) in [6.45, 7) is 1.67. The summed E-state index contributed by atoms with van der Waals surface area (Å²) >= 11 is 6.60. The molecule has 2 amide bonds. The summed E-state index contributed by atoms with van der Waals surface area (Å²) in [5.41, 5.74) is 1.28. The molecule has 3 heterocycles. The van der Waals surface area contributed by atoms with Gasteiger partial charge in [-0.05, 0) is 42.0 Å². The van der Waals surface area contributed by atoms with Gasteiger partial charge in [-0.2, -0.15) is 0 Å². The van der Waals surface area contributed by atoms with Crippen LogP contribution in [0, 0.1) is 0 Å². The molecule has 0 aromatic heterocycles. The number of fused-ring (bicyclic) bond motifs is 2. The third-order valence-corrected chi connectivity index (χ3v) is 6.37. The van der Waals surface area contributed by atoms with Gasteiger partial charge in [-0.15, -0.1) is 0 Å². The van der Waals surface area contributed by atoms with Crippen molar-refractivity contribution in [3.05, 3.63) is 52.4 Å². The zero-order valence-electron chi connectivity index (χ0n) is 16.8. The minimum atomic E-state index is -0.261. The van der Waals surface area contributed by atoms with Crippen molar-refractivity contribution in [1.82, 2.24) is 10.2 Å². The van der Waals surface area contributed by atoms with Crippen LogP contribution in [0.4, 0.5) is 0 Å². The van der Waals surface area contributed by atoms with Crippen LogP contribution in [0.15, 0.2) is 41.3 Å². The van der Waals surface area contributed by atoms with E-state index in [1.54, 1.807) is 24.3 Å². The number of carbonyl (C=O) groups excluding carboxylic acids is 2. The SMILES string of the molecule is O=C(NCCN1C(=O)/C(=C\c2ccc3c(c2)OCO3)SC1=S)c1ccc2c(c1)OCCO2. The molecular weight excluding hydrogens is 452 g/mol. The van der Waals surface area contributed by atoms with Gasteiger partial charge < -0.3 is 24.3 Å². The van der Waals surface area contributed by atoms with Crippen LogP contribution < -0.4 is 24.3 Å². The molecule has 0 bridgehead atoms. The monoisotopic (exact) mass is 470 g/mol. The molecule has 3 aliphatic rings. The van der Waals surface area contributed by atoms with Gasteiger partial charge in [-0.25, -0.2) is 0 Å². The zero-order chi connectivity index (χ0) is 22.1. The summed E-state index contributed by atoms with van der Waals surface area (Å²) in [4.78, 5) is 27.3. The Kier molecular flexibility index (Phi) is 5.62. The Morgan fingerprint density at radius 2 is 1.75 bits per heavy atom. The quantitative estimate of drug-likeness (QED) is 0.528. The Balaban J connectivity index is 1.19. The maximum atomic E-state index is 12.8. The average Bonchev–Trinajstić information content (AvgIpc) is 3.38. The third kappa shape index (κ3) is 4.11. The first-order valence-electron chi connectivity index (χ1n) is 9.91. The number of amides is 2. The van der Waals surface area contributed by atoms with Gasteiger partial charge in [0.2, 0.25) is 6.79 Å². The Morgan fingerprint density at radius 3 is 2.62 bits per heavy atom. The van der Waals surface area contributed by atoms with Crippen LogP contribution in [0.3, 0.4) is 0 Å². The fraction of sp³-hybridized carbons (Fsp3) is 0.227.